The van der Waals surface area contributed by atoms with Crippen LogP contribution >= 0.6 is 11.3 Å². The molecule has 1 amide bonds. The van der Waals surface area contributed by atoms with Crippen LogP contribution in [0.5, 0.6) is 5.75 Å². The Bertz CT molecular complexity index is 1220. The fourth-order valence-electron chi connectivity index (χ4n) is 3.12. The van der Waals surface area contributed by atoms with Gasteiger partial charge in [-0.1, -0.05) is 48.5 Å². The molecule has 0 saturated heterocycles. The highest BCUT2D eigenvalue weighted by Gasteiger charge is 2.30. The summed E-state index contributed by atoms with van der Waals surface area (Å²) >= 11 is 1.22. The van der Waals surface area contributed by atoms with Crippen LogP contribution in [0.25, 0.3) is 0 Å². The molecule has 0 saturated carbocycles. The summed E-state index contributed by atoms with van der Waals surface area (Å²) in [7, 11) is 0. The number of carbonyl (C=O) groups is 1. The molecule has 1 heterocycles. The Kier molecular flexibility index (Phi) is 6.74. The number of ether oxygens (including phenoxy) is 1. The fourth-order valence-corrected chi connectivity index (χ4v) is 3.96. The minimum absolute atomic E-state index is 0.297. The first-order valence-electron chi connectivity index (χ1n) is 10.1. The molecule has 4 rings (SSSR count). The summed E-state index contributed by atoms with van der Waals surface area (Å²) in [6.07, 6.45) is -2.53. The van der Waals surface area contributed by atoms with E-state index in [1.54, 1.807) is 36.5 Å². The van der Waals surface area contributed by atoms with Crippen LogP contribution in [0.2, 0.25) is 0 Å². The minimum Gasteiger partial charge on any atom is -0.489 e. The lowest BCUT2D eigenvalue weighted by atomic mass is 10.1. The first-order chi connectivity index (χ1) is 15.9. The van der Waals surface area contributed by atoms with Gasteiger partial charge in [0.25, 0.3) is 5.91 Å². The summed E-state index contributed by atoms with van der Waals surface area (Å²) in [4.78, 5) is 17.4. The van der Waals surface area contributed by atoms with Gasteiger partial charge in [-0.15, -0.1) is 11.3 Å². The zero-order valence-corrected chi connectivity index (χ0v) is 18.1. The molecular formula is C25H19F3N2O2S. The van der Waals surface area contributed by atoms with Crippen molar-refractivity contribution < 1.29 is 22.7 Å². The van der Waals surface area contributed by atoms with Gasteiger partial charge in [-0.05, 0) is 41.5 Å². The van der Waals surface area contributed by atoms with Gasteiger partial charge in [0.2, 0.25) is 0 Å². The Balaban J connectivity index is 1.34. The normalized spacial score (nSPS) is 11.2. The molecular weight excluding hydrogens is 449 g/mol. The molecule has 4 aromatic rings. The Morgan fingerprint density at radius 3 is 2.39 bits per heavy atom. The summed E-state index contributed by atoms with van der Waals surface area (Å²) in [5, 5.41) is 3.11. The first-order valence-corrected chi connectivity index (χ1v) is 10.9. The van der Waals surface area contributed by atoms with Crippen molar-refractivity contribution in [1.29, 1.82) is 0 Å². The summed E-state index contributed by atoms with van der Waals surface area (Å²) < 4.78 is 44.4. The number of hydrogen-bond acceptors (Lipinski definition) is 4. The number of anilines is 1. The lowest BCUT2D eigenvalue weighted by Gasteiger charge is -2.08. The highest BCUT2D eigenvalue weighted by Crippen LogP contribution is 2.30. The van der Waals surface area contributed by atoms with Gasteiger partial charge in [0, 0.05) is 23.1 Å². The number of alkyl halides is 3. The Hall–Kier alpha value is -3.65. The second-order valence-corrected chi connectivity index (χ2v) is 8.37. The van der Waals surface area contributed by atoms with Crippen LogP contribution in [0.15, 0.2) is 85.1 Å². The molecule has 0 aliphatic carbocycles. The monoisotopic (exact) mass is 468 g/mol. The quantitative estimate of drug-likeness (QED) is 0.333. The average molecular weight is 469 g/mol. The zero-order chi connectivity index (χ0) is 23.3. The van der Waals surface area contributed by atoms with E-state index in [2.05, 4.69) is 10.3 Å². The third kappa shape index (κ3) is 6.20. The molecule has 0 fully saturated rings. The number of benzene rings is 3. The van der Waals surface area contributed by atoms with Crippen LogP contribution in [0.4, 0.5) is 18.3 Å². The maximum atomic E-state index is 12.9. The Morgan fingerprint density at radius 1 is 0.939 bits per heavy atom. The summed E-state index contributed by atoms with van der Waals surface area (Å²) in [5.41, 5.74) is 1.33. The molecule has 0 radical (unpaired) electrons. The van der Waals surface area contributed by atoms with E-state index < -0.39 is 11.7 Å². The molecule has 0 unspecified atom stereocenters. The van der Waals surface area contributed by atoms with Crippen LogP contribution in [-0.2, 0) is 19.2 Å². The third-order valence-electron chi connectivity index (χ3n) is 4.77. The maximum Gasteiger partial charge on any atom is 0.416 e. The minimum atomic E-state index is -4.38. The molecule has 1 aromatic heterocycles. The molecule has 3 aromatic carbocycles. The van der Waals surface area contributed by atoms with E-state index in [4.69, 9.17) is 4.74 Å². The van der Waals surface area contributed by atoms with Crippen molar-refractivity contribution in [2.75, 3.05) is 5.32 Å². The summed E-state index contributed by atoms with van der Waals surface area (Å²) in [6.45, 7) is 0.431. The molecule has 1 N–H and O–H groups in total. The SMILES string of the molecule is O=C(Nc1ncc(Cc2cccc(C(F)(F)F)c2)s1)c1ccc(OCc2ccccc2)cc1. The molecule has 0 spiro atoms. The average Bonchev–Trinajstić information content (AvgIpc) is 3.25. The van der Waals surface area contributed by atoms with E-state index in [0.29, 0.717) is 35.0 Å². The Labute approximate surface area is 192 Å². The predicted octanol–water partition coefficient (Wildman–Crippen LogP) is 6.58. The van der Waals surface area contributed by atoms with Gasteiger partial charge >= 0.3 is 6.18 Å². The third-order valence-corrected chi connectivity index (χ3v) is 5.68. The lowest BCUT2D eigenvalue weighted by Crippen LogP contribution is -2.11. The van der Waals surface area contributed by atoms with Crippen molar-refractivity contribution >= 4 is 22.4 Å². The molecule has 33 heavy (non-hydrogen) atoms. The topological polar surface area (TPSA) is 51.2 Å². The summed E-state index contributed by atoms with van der Waals surface area (Å²) in [5.74, 6) is 0.317. The smallest absolute Gasteiger partial charge is 0.416 e. The van der Waals surface area contributed by atoms with E-state index in [0.717, 1.165) is 22.6 Å². The standard InChI is InChI=1S/C25H19F3N2O2S/c26-25(27,28)20-8-4-7-18(13-20)14-22-15-29-24(33-22)30-23(31)19-9-11-21(12-10-19)32-16-17-5-2-1-3-6-17/h1-13,15H,14,16H2,(H,29,30,31). The van der Waals surface area contributed by atoms with Gasteiger partial charge in [0.15, 0.2) is 5.13 Å². The van der Waals surface area contributed by atoms with Crippen molar-refractivity contribution in [3.8, 4) is 5.75 Å². The van der Waals surface area contributed by atoms with E-state index in [1.165, 1.54) is 17.4 Å². The second kappa shape index (κ2) is 9.87. The molecule has 0 aliphatic heterocycles. The van der Waals surface area contributed by atoms with Gasteiger partial charge < -0.3 is 4.74 Å². The van der Waals surface area contributed by atoms with Crippen LogP contribution in [0, 0.1) is 0 Å². The highest BCUT2D eigenvalue weighted by atomic mass is 32.1. The van der Waals surface area contributed by atoms with E-state index >= 15 is 0 Å². The number of rotatable bonds is 7. The number of amides is 1. The van der Waals surface area contributed by atoms with Crippen LogP contribution in [0.1, 0.15) is 31.9 Å². The molecule has 0 aliphatic rings. The maximum absolute atomic E-state index is 12.9. The highest BCUT2D eigenvalue weighted by molar-refractivity contribution is 7.15. The second-order valence-electron chi connectivity index (χ2n) is 7.26. The van der Waals surface area contributed by atoms with Crippen molar-refractivity contribution in [1.82, 2.24) is 4.98 Å². The van der Waals surface area contributed by atoms with Crippen molar-refractivity contribution in [3.05, 3.63) is 112 Å². The van der Waals surface area contributed by atoms with Gasteiger partial charge in [-0.25, -0.2) is 4.98 Å². The van der Waals surface area contributed by atoms with Crippen LogP contribution in [0.3, 0.4) is 0 Å². The predicted molar refractivity (Wildman–Crippen MR) is 122 cm³/mol. The molecule has 0 atom stereocenters. The number of nitrogens with zero attached hydrogens (tertiary/aromatic N) is 1. The van der Waals surface area contributed by atoms with Crippen molar-refractivity contribution in [2.24, 2.45) is 0 Å². The molecule has 168 valence electrons. The van der Waals surface area contributed by atoms with E-state index in [-0.39, 0.29) is 5.91 Å². The number of thiazole rings is 1. The number of carbonyl (C=O) groups excluding carboxylic acids is 1. The van der Waals surface area contributed by atoms with Gasteiger partial charge in [0.1, 0.15) is 12.4 Å². The van der Waals surface area contributed by atoms with Crippen LogP contribution < -0.4 is 10.1 Å². The van der Waals surface area contributed by atoms with E-state index in [1.807, 2.05) is 30.3 Å². The first kappa shape index (κ1) is 22.5. The Morgan fingerprint density at radius 2 is 1.67 bits per heavy atom. The molecule has 4 nitrogen and oxygen atoms in total. The number of hydrogen-bond donors (Lipinski definition) is 1. The van der Waals surface area contributed by atoms with Gasteiger partial charge in [0.05, 0.1) is 5.56 Å². The molecule has 8 heteroatoms. The lowest BCUT2D eigenvalue weighted by molar-refractivity contribution is -0.137. The van der Waals surface area contributed by atoms with Crippen molar-refractivity contribution in [3.63, 3.8) is 0 Å². The fraction of sp³-hybridized carbons (Fsp3) is 0.120. The number of aromatic nitrogens is 1. The van der Waals surface area contributed by atoms with Crippen molar-refractivity contribution in [2.45, 2.75) is 19.2 Å². The number of nitrogens with one attached hydrogen (secondary N) is 1. The number of halogens is 3. The van der Waals surface area contributed by atoms with Gasteiger partial charge in [-0.3, -0.25) is 10.1 Å². The summed E-state index contributed by atoms with van der Waals surface area (Å²) in [6, 6.07) is 21.7. The zero-order valence-electron chi connectivity index (χ0n) is 17.3. The molecule has 0 bridgehead atoms. The van der Waals surface area contributed by atoms with Crippen LogP contribution in [-0.4, -0.2) is 10.9 Å². The van der Waals surface area contributed by atoms with E-state index in [9.17, 15) is 18.0 Å². The van der Waals surface area contributed by atoms with Gasteiger partial charge in [-0.2, -0.15) is 13.2 Å². The largest absolute Gasteiger partial charge is 0.489 e.